The van der Waals surface area contributed by atoms with Gasteiger partial charge in [-0.2, -0.15) is 18.3 Å². The number of anilines is 1. The topological polar surface area (TPSA) is 84.1 Å². The SMILES string of the molecule is CC(OC(=O)c1n[nH]c2ccccc12)C(=O)Nc1cc(C(F)(F)F)ccc1Cl. The standard InChI is InChI=1S/C18H13ClF3N3O3/c1-9(28-17(27)15-11-4-2-3-5-13(11)24-25-15)16(26)23-14-8-10(18(20,21)22)6-7-12(14)19/h2-9H,1H3,(H,23,26)(H,24,25). The smallest absolute Gasteiger partial charge is 0.416 e. The van der Waals surface area contributed by atoms with Crippen LogP contribution in [0.2, 0.25) is 5.02 Å². The third-order valence-corrected chi connectivity index (χ3v) is 4.20. The zero-order valence-corrected chi connectivity index (χ0v) is 15.1. The van der Waals surface area contributed by atoms with Crippen molar-refractivity contribution in [2.24, 2.45) is 0 Å². The number of para-hydroxylation sites is 1. The molecule has 0 aliphatic rings. The van der Waals surface area contributed by atoms with Gasteiger partial charge in [-0.15, -0.1) is 0 Å². The zero-order chi connectivity index (χ0) is 20.5. The van der Waals surface area contributed by atoms with Crippen LogP contribution in [0, 0.1) is 0 Å². The van der Waals surface area contributed by atoms with E-state index in [1.165, 1.54) is 6.92 Å². The lowest BCUT2D eigenvalue weighted by Crippen LogP contribution is -2.30. The van der Waals surface area contributed by atoms with E-state index in [1.54, 1.807) is 24.3 Å². The van der Waals surface area contributed by atoms with Crippen LogP contribution in [0.4, 0.5) is 18.9 Å². The number of carbonyl (C=O) groups excluding carboxylic acids is 2. The van der Waals surface area contributed by atoms with Crippen molar-refractivity contribution in [2.45, 2.75) is 19.2 Å². The summed E-state index contributed by atoms with van der Waals surface area (Å²) in [6, 6.07) is 9.35. The van der Waals surface area contributed by atoms with Gasteiger partial charge in [0.15, 0.2) is 11.8 Å². The number of alkyl halides is 3. The molecule has 0 aliphatic heterocycles. The normalized spacial score (nSPS) is 12.6. The number of halogens is 4. The lowest BCUT2D eigenvalue weighted by Gasteiger charge is -2.15. The molecule has 0 spiro atoms. The summed E-state index contributed by atoms with van der Waals surface area (Å²) < 4.78 is 43.5. The van der Waals surface area contributed by atoms with E-state index in [-0.39, 0.29) is 16.4 Å². The molecule has 6 nitrogen and oxygen atoms in total. The second kappa shape index (κ2) is 7.51. The fraction of sp³-hybridized carbons (Fsp3) is 0.167. The second-order valence-corrected chi connectivity index (χ2v) is 6.25. The summed E-state index contributed by atoms with van der Waals surface area (Å²) in [5, 5.41) is 9.19. The number of H-pyrrole nitrogens is 1. The lowest BCUT2D eigenvalue weighted by atomic mass is 10.2. The first-order valence-corrected chi connectivity index (χ1v) is 8.36. The monoisotopic (exact) mass is 411 g/mol. The van der Waals surface area contributed by atoms with Gasteiger partial charge in [-0.05, 0) is 31.2 Å². The van der Waals surface area contributed by atoms with Gasteiger partial charge >= 0.3 is 12.1 Å². The van der Waals surface area contributed by atoms with Crippen molar-refractivity contribution in [1.29, 1.82) is 0 Å². The highest BCUT2D eigenvalue weighted by Crippen LogP contribution is 2.33. The van der Waals surface area contributed by atoms with E-state index >= 15 is 0 Å². The average Bonchev–Trinajstić information content (AvgIpc) is 3.06. The van der Waals surface area contributed by atoms with E-state index in [0.29, 0.717) is 17.0 Å². The van der Waals surface area contributed by atoms with Crippen molar-refractivity contribution in [2.75, 3.05) is 5.32 Å². The Balaban J connectivity index is 1.72. The predicted molar refractivity (Wildman–Crippen MR) is 96.1 cm³/mol. The molecule has 1 heterocycles. The van der Waals surface area contributed by atoms with Gasteiger partial charge in [0.25, 0.3) is 5.91 Å². The van der Waals surface area contributed by atoms with E-state index in [9.17, 15) is 22.8 Å². The molecule has 2 aromatic carbocycles. The summed E-state index contributed by atoms with van der Waals surface area (Å²) in [6.45, 7) is 1.28. The van der Waals surface area contributed by atoms with E-state index in [4.69, 9.17) is 16.3 Å². The fourth-order valence-electron chi connectivity index (χ4n) is 2.42. The van der Waals surface area contributed by atoms with Gasteiger partial charge in [-0.1, -0.05) is 29.8 Å². The fourth-order valence-corrected chi connectivity index (χ4v) is 2.59. The Labute approximate surface area is 161 Å². The van der Waals surface area contributed by atoms with Crippen molar-refractivity contribution >= 4 is 40.1 Å². The number of hydrogen-bond donors (Lipinski definition) is 2. The van der Waals surface area contributed by atoms with Crippen LogP contribution >= 0.6 is 11.6 Å². The van der Waals surface area contributed by atoms with Crippen molar-refractivity contribution in [1.82, 2.24) is 10.2 Å². The first-order chi connectivity index (χ1) is 13.2. The van der Waals surface area contributed by atoms with E-state index < -0.39 is 29.7 Å². The van der Waals surface area contributed by atoms with Gasteiger partial charge in [0.2, 0.25) is 0 Å². The number of nitrogens with one attached hydrogen (secondary N) is 2. The van der Waals surface area contributed by atoms with Gasteiger partial charge in [0.05, 0.1) is 21.8 Å². The Morgan fingerprint density at radius 2 is 1.93 bits per heavy atom. The van der Waals surface area contributed by atoms with Crippen LogP contribution in [-0.2, 0) is 15.7 Å². The highest BCUT2D eigenvalue weighted by molar-refractivity contribution is 6.33. The quantitative estimate of drug-likeness (QED) is 0.622. The molecule has 2 N–H and O–H groups in total. The molecule has 1 atom stereocenters. The molecule has 0 saturated heterocycles. The van der Waals surface area contributed by atoms with Crippen LogP contribution in [0.3, 0.4) is 0 Å². The van der Waals surface area contributed by atoms with Crippen LogP contribution in [0.1, 0.15) is 23.0 Å². The van der Waals surface area contributed by atoms with Crippen molar-refractivity contribution < 1.29 is 27.5 Å². The summed E-state index contributed by atoms with van der Waals surface area (Å²) in [5.74, 6) is -1.69. The minimum atomic E-state index is -4.59. The number of aromatic amines is 1. The maximum atomic E-state index is 12.8. The van der Waals surface area contributed by atoms with Gasteiger partial charge < -0.3 is 10.1 Å². The Bertz CT molecular complexity index is 1050. The van der Waals surface area contributed by atoms with Crippen LogP contribution in [0.25, 0.3) is 10.9 Å². The number of rotatable bonds is 4. The molecule has 0 bridgehead atoms. The zero-order valence-electron chi connectivity index (χ0n) is 14.3. The Morgan fingerprint density at radius 1 is 1.21 bits per heavy atom. The highest BCUT2D eigenvalue weighted by Gasteiger charge is 2.31. The number of ether oxygens (including phenoxy) is 1. The third kappa shape index (κ3) is 4.09. The van der Waals surface area contributed by atoms with Crippen LogP contribution in [0.5, 0.6) is 0 Å². The molecule has 3 rings (SSSR count). The minimum absolute atomic E-state index is 0.00708. The molecule has 1 amide bonds. The molecule has 1 unspecified atom stereocenters. The summed E-state index contributed by atoms with van der Waals surface area (Å²) in [7, 11) is 0. The summed E-state index contributed by atoms with van der Waals surface area (Å²) in [6.07, 6.45) is -5.89. The molecule has 1 aromatic heterocycles. The maximum Gasteiger partial charge on any atom is 0.416 e. The first-order valence-electron chi connectivity index (χ1n) is 7.98. The molecule has 146 valence electrons. The molecule has 0 saturated carbocycles. The van der Waals surface area contributed by atoms with Gasteiger partial charge in [0.1, 0.15) is 0 Å². The van der Waals surface area contributed by atoms with E-state index in [2.05, 4.69) is 15.5 Å². The maximum absolute atomic E-state index is 12.8. The molecule has 28 heavy (non-hydrogen) atoms. The Morgan fingerprint density at radius 3 is 2.64 bits per heavy atom. The predicted octanol–water partition coefficient (Wildman–Crippen LogP) is 4.42. The van der Waals surface area contributed by atoms with Crippen molar-refractivity contribution in [3.05, 3.63) is 58.7 Å². The number of hydrogen-bond acceptors (Lipinski definition) is 4. The first kappa shape index (κ1) is 19.7. The van der Waals surface area contributed by atoms with Crippen molar-refractivity contribution in [3.63, 3.8) is 0 Å². The molecule has 0 fully saturated rings. The van der Waals surface area contributed by atoms with Crippen LogP contribution in [-0.4, -0.2) is 28.2 Å². The molecular formula is C18H13ClF3N3O3. The molecule has 10 heteroatoms. The number of benzene rings is 2. The Hall–Kier alpha value is -3.07. The largest absolute Gasteiger partial charge is 0.448 e. The number of aromatic nitrogens is 2. The molecular weight excluding hydrogens is 399 g/mol. The highest BCUT2D eigenvalue weighted by atomic mass is 35.5. The molecule has 3 aromatic rings. The number of esters is 1. The number of carbonyl (C=O) groups is 2. The average molecular weight is 412 g/mol. The van der Waals surface area contributed by atoms with Crippen molar-refractivity contribution in [3.8, 4) is 0 Å². The van der Waals surface area contributed by atoms with Gasteiger partial charge in [-0.25, -0.2) is 4.79 Å². The summed E-state index contributed by atoms with van der Waals surface area (Å²) in [5.41, 5.74) is -0.607. The third-order valence-electron chi connectivity index (χ3n) is 3.87. The van der Waals surface area contributed by atoms with Gasteiger partial charge in [0, 0.05) is 5.39 Å². The molecule has 0 radical (unpaired) electrons. The number of nitrogens with zero attached hydrogens (tertiary/aromatic N) is 1. The minimum Gasteiger partial charge on any atom is -0.448 e. The number of fused-ring (bicyclic) bond motifs is 1. The summed E-state index contributed by atoms with van der Waals surface area (Å²) >= 11 is 5.84. The summed E-state index contributed by atoms with van der Waals surface area (Å²) in [4.78, 5) is 24.5. The van der Waals surface area contributed by atoms with Gasteiger partial charge in [-0.3, -0.25) is 9.89 Å². The molecule has 0 aliphatic carbocycles. The van der Waals surface area contributed by atoms with Crippen LogP contribution in [0.15, 0.2) is 42.5 Å². The van der Waals surface area contributed by atoms with E-state index in [0.717, 1.165) is 12.1 Å². The van der Waals surface area contributed by atoms with Crippen LogP contribution < -0.4 is 5.32 Å². The second-order valence-electron chi connectivity index (χ2n) is 5.85. The lowest BCUT2D eigenvalue weighted by molar-refractivity contribution is -0.137. The Kier molecular flexibility index (Phi) is 5.28. The van der Waals surface area contributed by atoms with E-state index in [1.807, 2.05) is 0 Å². The number of amides is 1.